The zero-order valence-corrected chi connectivity index (χ0v) is 21.3. The number of amides is 1. The van der Waals surface area contributed by atoms with Gasteiger partial charge in [0.2, 0.25) is 0 Å². The minimum atomic E-state index is -2.93. The van der Waals surface area contributed by atoms with Crippen LogP contribution in [0.3, 0.4) is 0 Å². The van der Waals surface area contributed by atoms with E-state index >= 15 is 0 Å². The van der Waals surface area contributed by atoms with Crippen LogP contribution in [-0.2, 0) is 16.3 Å². The number of carbonyl (C=O) groups is 1. The molecule has 1 aliphatic rings. The molecule has 10 heteroatoms. The SMILES string of the molecule is CCCc1nnnn1-c1cc(C(=O)N[C@H](C)CN2CCS(=O)(=O)CC2)cc(-c2ccc(C)cc2)c1. The second-order valence-electron chi connectivity index (χ2n) is 9.22. The zero-order valence-electron chi connectivity index (χ0n) is 20.4. The summed E-state index contributed by atoms with van der Waals surface area (Å²) < 4.78 is 25.1. The minimum absolute atomic E-state index is 0.140. The van der Waals surface area contributed by atoms with Crippen LogP contribution in [0.5, 0.6) is 0 Å². The fourth-order valence-electron chi connectivity index (χ4n) is 4.24. The molecule has 1 fully saturated rings. The lowest BCUT2D eigenvalue weighted by Crippen LogP contribution is -2.47. The van der Waals surface area contributed by atoms with Crippen molar-refractivity contribution in [1.82, 2.24) is 30.4 Å². The number of rotatable bonds is 8. The summed E-state index contributed by atoms with van der Waals surface area (Å²) in [6.07, 6.45) is 1.63. The van der Waals surface area contributed by atoms with E-state index in [4.69, 9.17) is 0 Å². The number of carbonyl (C=O) groups excluding carboxylic acids is 1. The van der Waals surface area contributed by atoms with E-state index in [0.29, 0.717) is 25.2 Å². The van der Waals surface area contributed by atoms with Gasteiger partial charge < -0.3 is 5.32 Å². The van der Waals surface area contributed by atoms with E-state index in [1.165, 1.54) is 0 Å². The molecule has 1 amide bonds. The van der Waals surface area contributed by atoms with Crippen molar-refractivity contribution in [2.75, 3.05) is 31.1 Å². The predicted molar refractivity (Wildman–Crippen MR) is 135 cm³/mol. The highest BCUT2D eigenvalue weighted by Crippen LogP contribution is 2.25. The van der Waals surface area contributed by atoms with Crippen LogP contribution in [0.15, 0.2) is 42.5 Å². The molecular weight excluding hydrogens is 464 g/mol. The van der Waals surface area contributed by atoms with Crippen molar-refractivity contribution >= 4 is 15.7 Å². The zero-order chi connectivity index (χ0) is 25.0. The molecule has 0 unspecified atom stereocenters. The topological polar surface area (TPSA) is 110 Å². The molecule has 1 saturated heterocycles. The van der Waals surface area contributed by atoms with Crippen LogP contribution in [0.1, 0.15) is 42.0 Å². The van der Waals surface area contributed by atoms with Gasteiger partial charge in [-0.25, -0.2) is 8.42 Å². The predicted octanol–water partition coefficient (Wildman–Crippen LogP) is 2.44. The van der Waals surface area contributed by atoms with Gasteiger partial charge >= 0.3 is 0 Å². The average molecular weight is 497 g/mol. The van der Waals surface area contributed by atoms with Gasteiger partial charge in [0.25, 0.3) is 5.91 Å². The van der Waals surface area contributed by atoms with Crippen LogP contribution in [0.4, 0.5) is 0 Å². The lowest BCUT2D eigenvalue weighted by atomic mass is 10.0. The van der Waals surface area contributed by atoms with Crippen LogP contribution in [0.25, 0.3) is 16.8 Å². The molecule has 0 aliphatic carbocycles. The van der Waals surface area contributed by atoms with Crippen LogP contribution in [-0.4, -0.2) is 76.6 Å². The summed E-state index contributed by atoms with van der Waals surface area (Å²) >= 11 is 0. The van der Waals surface area contributed by atoms with E-state index in [2.05, 4.69) is 32.7 Å². The number of benzene rings is 2. The summed E-state index contributed by atoms with van der Waals surface area (Å²) in [6.45, 7) is 7.63. The number of hydrogen-bond donors (Lipinski definition) is 1. The standard InChI is InChI=1S/C25H32N6O3S/c1-4-5-24-27-28-29-31(24)23-15-21(20-8-6-18(2)7-9-20)14-22(16-23)25(32)26-19(3)17-30-10-12-35(33,34)13-11-30/h6-9,14-16,19H,4-5,10-13,17H2,1-3H3,(H,26,32)/t19-/m1/s1. The molecule has 1 atom stereocenters. The number of nitrogens with zero attached hydrogens (tertiary/aromatic N) is 5. The lowest BCUT2D eigenvalue weighted by Gasteiger charge is -2.29. The van der Waals surface area contributed by atoms with Gasteiger partial charge in [0.15, 0.2) is 15.7 Å². The molecule has 2 heterocycles. The van der Waals surface area contributed by atoms with E-state index in [1.54, 1.807) is 4.68 Å². The Morgan fingerprint density at radius 3 is 2.49 bits per heavy atom. The molecule has 1 aromatic heterocycles. The highest BCUT2D eigenvalue weighted by Gasteiger charge is 2.23. The smallest absolute Gasteiger partial charge is 0.251 e. The van der Waals surface area contributed by atoms with Crippen LogP contribution in [0.2, 0.25) is 0 Å². The second-order valence-corrected chi connectivity index (χ2v) is 11.5. The van der Waals surface area contributed by atoms with Crippen molar-refractivity contribution < 1.29 is 13.2 Å². The molecule has 3 aromatic rings. The van der Waals surface area contributed by atoms with Crippen LogP contribution < -0.4 is 5.32 Å². The number of hydrogen-bond acceptors (Lipinski definition) is 7. The number of aryl methyl sites for hydroxylation is 2. The summed E-state index contributed by atoms with van der Waals surface area (Å²) in [4.78, 5) is 15.4. The number of tetrazole rings is 1. The minimum Gasteiger partial charge on any atom is -0.348 e. The van der Waals surface area contributed by atoms with Crippen molar-refractivity contribution in [3.8, 4) is 16.8 Å². The second kappa shape index (κ2) is 10.7. The third kappa shape index (κ3) is 6.32. The van der Waals surface area contributed by atoms with Gasteiger partial charge in [0, 0.05) is 37.7 Å². The van der Waals surface area contributed by atoms with Gasteiger partial charge in [-0.1, -0.05) is 36.8 Å². The lowest BCUT2D eigenvalue weighted by molar-refractivity contribution is 0.0930. The van der Waals surface area contributed by atoms with Crippen molar-refractivity contribution in [2.45, 2.75) is 39.7 Å². The van der Waals surface area contributed by atoms with Gasteiger partial charge in [-0.3, -0.25) is 9.69 Å². The van der Waals surface area contributed by atoms with E-state index in [1.807, 2.05) is 56.3 Å². The van der Waals surface area contributed by atoms with Gasteiger partial charge in [-0.15, -0.1) is 5.10 Å². The largest absolute Gasteiger partial charge is 0.348 e. The van der Waals surface area contributed by atoms with Gasteiger partial charge in [-0.2, -0.15) is 4.68 Å². The molecule has 0 saturated carbocycles. The third-order valence-electron chi connectivity index (χ3n) is 6.16. The first-order valence-electron chi connectivity index (χ1n) is 12.0. The number of aromatic nitrogens is 4. The normalized spacial score (nSPS) is 16.7. The maximum atomic E-state index is 13.3. The summed E-state index contributed by atoms with van der Waals surface area (Å²) in [5, 5.41) is 15.2. The Morgan fingerprint density at radius 2 is 1.80 bits per heavy atom. The third-order valence-corrected chi connectivity index (χ3v) is 7.77. The molecule has 35 heavy (non-hydrogen) atoms. The molecule has 4 rings (SSSR count). The molecule has 1 N–H and O–H groups in total. The maximum Gasteiger partial charge on any atom is 0.251 e. The Kier molecular flexibility index (Phi) is 7.61. The van der Waals surface area contributed by atoms with E-state index in [-0.39, 0.29) is 23.5 Å². The van der Waals surface area contributed by atoms with E-state index in [0.717, 1.165) is 41.0 Å². The first kappa shape index (κ1) is 25.0. The highest BCUT2D eigenvalue weighted by atomic mass is 32.2. The maximum absolute atomic E-state index is 13.3. The molecule has 1 aliphatic heterocycles. The monoisotopic (exact) mass is 496 g/mol. The molecule has 0 bridgehead atoms. The van der Waals surface area contributed by atoms with Crippen LogP contribution >= 0.6 is 0 Å². The molecule has 0 radical (unpaired) electrons. The summed E-state index contributed by atoms with van der Waals surface area (Å²) in [6, 6.07) is 13.7. The number of nitrogens with one attached hydrogen (secondary N) is 1. The van der Waals surface area contributed by atoms with Crippen molar-refractivity contribution in [3.05, 3.63) is 59.4 Å². The molecule has 186 valence electrons. The van der Waals surface area contributed by atoms with E-state index < -0.39 is 9.84 Å². The fourth-order valence-corrected chi connectivity index (χ4v) is 5.51. The quantitative estimate of drug-likeness (QED) is 0.510. The van der Waals surface area contributed by atoms with Crippen molar-refractivity contribution in [3.63, 3.8) is 0 Å². The van der Waals surface area contributed by atoms with E-state index in [9.17, 15) is 13.2 Å². The van der Waals surface area contributed by atoms with Crippen molar-refractivity contribution in [1.29, 1.82) is 0 Å². The van der Waals surface area contributed by atoms with Gasteiger partial charge in [0.05, 0.1) is 17.2 Å². The molecule has 2 aromatic carbocycles. The molecule has 9 nitrogen and oxygen atoms in total. The summed E-state index contributed by atoms with van der Waals surface area (Å²) in [5.41, 5.74) is 4.31. The molecule has 0 spiro atoms. The first-order chi connectivity index (χ1) is 16.7. The Hall–Kier alpha value is -3.11. The Morgan fingerprint density at radius 1 is 1.09 bits per heavy atom. The van der Waals surface area contributed by atoms with Gasteiger partial charge in [-0.05, 0) is 60.0 Å². The summed E-state index contributed by atoms with van der Waals surface area (Å²) in [7, 11) is -2.93. The number of sulfone groups is 1. The Labute approximate surface area is 206 Å². The highest BCUT2D eigenvalue weighted by molar-refractivity contribution is 7.91. The van der Waals surface area contributed by atoms with Crippen LogP contribution in [0, 0.1) is 6.92 Å². The summed E-state index contributed by atoms with van der Waals surface area (Å²) in [5.74, 6) is 0.888. The average Bonchev–Trinajstić information content (AvgIpc) is 3.29. The van der Waals surface area contributed by atoms with Gasteiger partial charge in [0.1, 0.15) is 0 Å². The molecular formula is C25H32N6O3S. The van der Waals surface area contributed by atoms with Crippen molar-refractivity contribution in [2.24, 2.45) is 0 Å². The fraction of sp³-hybridized carbons (Fsp3) is 0.440. The first-order valence-corrected chi connectivity index (χ1v) is 13.8. The Bertz CT molecular complexity index is 1270. The Balaban J connectivity index is 1.59.